The van der Waals surface area contributed by atoms with Crippen molar-refractivity contribution in [2.45, 2.75) is 53.4 Å². The van der Waals surface area contributed by atoms with Gasteiger partial charge in [-0.1, -0.05) is 49.4 Å². The second-order valence-electron chi connectivity index (χ2n) is 10.4. The van der Waals surface area contributed by atoms with Crippen molar-refractivity contribution >= 4 is 22.7 Å². The molecule has 0 fully saturated rings. The van der Waals surface area contributed by atoms with Gasteiger partial charge in [-0.2, -0.15) is 0 Å². The summed E-state index contributed by atoms with van der Waals surface area (Å²) in [4.78, 5) is 28.6. The molecule has 0 bridgehead atoms. The molecule has 0 amide bonds. The molecule has 0 unspecified atom stereocenters. The van der Waals surface area contributed by atoms with E-state index in [9.17, 15) is 14.9 Å². The number of ether oxygens (including phenoxy) is 3. The van der Waals surface area contributed by atoms with Crippen LogP contribution in [-0.4, -0.2) is 53.6 Å². The van der Waals surface area contributed by atoms with Crippen molar-refractivity contribution in [3.63, 3.8) is 0 Å². The lowest BCUT2D eigenvalue weighted by molar-refractivity contribution is -0.432. The third-order valence-electron chi connectivity index (χ3n) is 7.26. The van der Waals surface area contributed by atoms with E-state index in [2.05, 4.69) is 34.3 Å². The number of aromatic nitrogens is 2. The van der Waals surface area contributed by atoms with Gasteiger partial charge in [0.2, 0.25) is 0 Å². The molecule has 0 spiro atoms. The van der Waals surface area contributed by atoms with Gasteiger partial charge in [0.25, 0.3) is 0 Å². The maximum atomic E-state index is 12.3. The fraction of sp³-hybridized carbons (Fsp3) is 0.353. The van der Waals surface area contributed by atoms with Crippen LogP contribution in [0.4, 0.5) is 5.69 Å². The number of esters is 1. The minimum atomic E-state index is -0.593. The Morgan fingerprint density at radius 1 is 1.07 bits per heavy atom. The van der Waals surface area contributed by atoms with E-state index in [1.165, 1.54) is 13.3 Å². The first-order valence-corrected chi connectivity index (χ1v) is 15.1. The van der Waals surface area contributed by atoms with Gasteiger partial charge in [0, 0.05) is 31.9 Å². The standard InChI is InChI=1S/C34H41N5O6/c1-6-11-30-37-33-23(4)18-26(35-20-31(39(41)42)36-21-32(44-7-2)45-8-3)19-29(33)38(30)22-24-14-16-25(17-15-24)27-12-9-10-13-28(27)34(40)43-5/h9-10,12-20,32,35-36H,6-8,11,21-22H2,1-5H3. The van der Waals surface area contributed by atoms with Crippen molar-refractivity contribution < 1.29 is 23.9 Å². The number of aryl methyl sites for hydroxylation is 2. The molecule has 2 N–H and O–H groups in total. The van der Waals surface area contributed by atoms with Crippen LogP contribution >= 0.6 is 0 Å². The van der Waals surface area contributed by atoms with E-state index < -0.39 is 11.2 Å². The Hall–Kier alpha value is -4.74. The van der Waals surface area contributed by atoms with Crippen LogP contribution in [0.15, 0.2) is 72.7 Å². The molecule has 0 atom stereocenters. The van der Waals surface area contributed by atoms with Crippen molar-refractivity contribution in [1.29, 1.82) is 0 Å². The molecule has 1 aromatic heterocycles. The summed E-state index contributed by atoms with van der Waals surface area (Å²) in [7, 11) is 1.38. The third-order valence-corrected chi connectivity index (χ3v) is 7.26. The Labute approximate surface area is 263 Å². The summed E-state index contributed by atoms with van der Waals surface area (Å²) in [5.41, 5.74) is 6.79. The summed E-state index contributed by atoms with van der Waals surface area (Å²) < 4.78 is 18.1. The molecule has 45 heavy (non-hydrogen) atoms. The smallest absolute Gasteiger partial charge is 0.338 e. The molecular weight excluding hydrogens is 574 g/mol. The van der Waals surface area contributed by atoms with E-state index in [-0.39, 0.29) is 18.3 Å². The number of carbonyl (C=O) groups is 1. The molecule has 4 aromatic rings. The minimum absolute atomic E-state index is 0.133. The van der Waals surface area contributed by atoms with Gasteiger partial charge in [-0.05, 0) is 72.6 Å². The zero-order valence-corrected chi connectivity index (χ0v) is 26.5. The highest BCUT2D eigenvalue weighted by molar-refractivity contribution is 5.97. The Balaban J connectivity index is 1.62. The number of imidazole rings is 1. The summed E-state index contributed by atoms with van der Waals surface area (Å²) >= 11 is 0. The first-order valence-electron chi connectivity index (χ1n) is 15.1. The number of fused-ring (bicyclic) bond motifs is 1. The Morgan fingerprint density at radius 3 is 2.42 bits per heavy atom. The third kappa shape index (κ3) is 8.25. The normalized spacial score (nSPS) is 11.6. The van der Waals surface area contributed by atoms with Crippen LogP contribution in [-0.2, 0) is 27.2 Å². The van der Waals surface area contributed by atoms with Crippen LogP contribution < -0.4 is 10.6 Å². The van der Waals surface area contributed by atoms with Crippen LogP contribution in [0.25, 0.3) is 22.2 Å². The molecule has 4 rings (SSSR count). The number of benzene rings is 3. The average molecular weight is 616 g/mol. The fourth-order valence-electron chi connectivity index (χ4n) is 5.16. The summed E-state index contributed by atoms with van der Waals surface area (Å²) in [6.07, 6.45) is 2.48. The Bertz CT molecular complexity index is 1640. The van der Waals surface area contributed by atoms with Crippen LogP contribution in [0.5, 0.6) is 0 Å². The Morgan fingerprint density at radius 2 is 1.78 bits per heavy atom. The lowest BCUT2D eigenvalue weighted by Gasteiger charge is -2.15. The van der Waals surface area contributed by atoms with Gasteiger partial charge in [-0.25, -0.2) is 9.78 Å². The summed E-state index contributed by atoms with van der Waals surface area (Å²) in [6.45, 7) is 9.37. The molecule has 11 heteroatoms. The molecule has 238 valence electrons. The lowest BCUT2D eigenvalue weighted by atomic mass is 9.98. The maximum absolute atomic E-state index is 12.3. The van der Waals surface area contributed by atoms with Gasteiger partial charge < -0.3 is 34.2 Å². The number of methoxy groups -OCH3 is 1. The second-order valence-corrected chi connectivity index (χ2v) is 10.4. The van der Waals surface area contributed by atoms with E-state index in [0.29, 0.717) is 31.0 Å². The van der Waals surface area contributed by atoms with Crippen molar-refractivity contribution in [1.82, 2.24) is 14.9 Å². The fourth-order valence-corrected chi connectivity index (χ4v) is 5.16. The van der Waals surface area contributed by atoms with E-state index >= 15 is 0 Å². The van der Waals surface area contributed by atoms with E-state index in [1.54, 1.807) is 6.07 Å². The van der Waals surface area contributed by atoms with E-state index in [1.807, 2.05) is 63.2 Å². The predicted octanol–water partition coefficient (Wildman–Crippen LogP) is 6.28. The number of carbonyl (C=O) groups excluding carboxylic acids is 1. The minimum Gasteiger partial charge on any atom is -0.465 e. The van der Waals surface area contributed by atoms with Crippen molar-refractivity contribution in [2.24, 2.45) is 0 Å². The van der Waals surface area contributed by atoms with Crippen LogP contribution in [0.1, 0.15) is 54.5 Å². The number of nitrogens with one attached hydrogen (secondary N) is 2. The zero-order valence-electron chi connectivity index (χ0n) is 26.5. The maximum Gasteiger partial charge on any atom is 0.338 e. The van der Waals surface area contributed by atoms with Gasteiger partial charge in [-0.15, -0.1) is 0 Å². The molecule has 0 saturated carbocycles. The molecule has 0 aliphatic rings. The van der Waals surface area contributed by atoms with Crippen LogP contribution in [0, 0.1) is 17.0 Å². The van der Waals surface area contributed by atoms with Gasteiger partial charge in [-0.3, -0.25) is 5.32 Å². The molecular formula is C34H41N5O6. The second kappa shape index (κ2) is 15.8. The van der Waals surface area contributed by atoms with E-state index in [4.69, 9.17) is 19.2 Å². The van der Waals surface area contributed by atoms with Crippen molar-refractivity contribution in [2.75, 3.05) is 32.2 Å². The van der Waals surface area contributed by atoms with Gasteiger partial charge in [0.05, 0.1) is 29.9 Å². The first-order chi connectivity index (χ1) is 21.8. The molecule has 1 heterocycles. The molecule has 3 aromatic carbocycles. The highest BCUT2D eigenvalue weighted by atomic mass is 16.7. The van der Waals surface area contributed by atoms with Crippen LogP contribution in [0.2, 0.25) is 0 Å². The summed E-state index contributed by atoms with van der Waals surface area (Å²) in [5, 5.41) is 17.7. The zero-order chi connectivity index (χ0) is 32.3. The monoisotopic (exact) mass is 615 g/mol. The van der Waals surface area contributed by atoms with Crippen molar-refractivity contribution in [3.8, 4) is 11.1 Å². The van der Waals surface area contributed by atoms with Gasteiger partial charge in [0.1, 0.15) is 12.4 Å². The lowest BCUT2D eigenvalue weighted by Crippen LogP contribution is -2.33. The number of anilines is 1. The Kier molecular flexibility index (Phi) is 11.7. The SMILES string of the molecule is CCCc1nc2c(C)cc(NC=C(NCC(OCC)OCC)[N+](=O)[O-])cc2n1Cc1ccc(-c2ccccc2C(=O)OC)cc1. The summed E-state index contributed by atoms with van der Waals surface area (Å²) in [5.74, 6) is 0.389. The largest absolute Gasteiger partial charge is 0.465 e. The molecule has 11 nitrogen and oxygen atoms in total. The first kappa shape index (κ1) is 33.2. The highest BCUT2D eigenvalue weighted by Crippen LogP contribution is 2.28. The molecule has 0 aliphatic carbocycles. The average Bonchev–Trinajstić information content (AvgIpc) is 3.38. The number of nitrogens with zero attached hydrogens (tertiary/aromatic N) is 3. The number of nitro groups is 1. The number of rotatable bonds is 16. The topological polar surface area (TPSA) is 130 Å². The summed E-state index contributed by atoms with van der Waals surface area (Å²) in [6, 6.07) is 19.4. The van der Waals surface area contributed by atoms with Crippen molar-refractivity contribution in [3.05, 3.63) is 105 Å². The highest BCUT2D eigenvalue weighted by Gasteiger charge is 2.17. The predicted molar refractivity (Wildman–Crippen MR) is 175 cm³/mol. The number of hydrogen-bond donors (Lipinski definition) is 2. The molecule has 0 radical (unpaired) electrons. The molecule has 0 saturated heterocycles. The van der Waals surface area contributed by atoms with Crippen LogP contribution in [0.3, 0.4) is 0 Å². The van der Waals surface area contributed by atoms with Gasteiger partial charge in [0.15, 0.2) is 6.29 Å². The quantitative estimate of drug-likeness (QED) is 0.0648. The number of hydrogen-bond acceptors (Lipinski definition) is 9. The van der Waals surface area contributed by atoms with Gasteiger partial charge >= 0.3 is 11.8 Å². The molecule has 0 aliphatic heterocycles. The van der Waals surface area contributed by atoms with E-state index in [0.717, 1.165) is 52.0 Å².